The number of anilines is 2. The molecule has 0 saturated carbocycles. The number of para-hydroxylation sites is 2. The SMILES string of the molecule is COc1ccccc1NC(=O)Cn1nc2c3sc(N4CCCC4)nc3ncn2c1=O. The summed E-state index contributed by atoms with van der Waals surface area (Å²) in [5.74, 6) is 0.162. The predicted molar refractivity (Wildman–Crippen MR) is 113 cm³/mol. The van der Waals surface area contributed by atoms with Crippen molar-refractivity contribution in [2.24, 2.45) is 0 Å². The van der Waals surface area contributed by atoms with Crippen LogP contribution < -0.4 is 20.6 Å². The monoisotopic (exact) mass is 425 g/mol. The zero-order valence-corrected chi connectivity index (χ0v) is 17.1. The lowest BCUT2D eigenvalue weighted by atomic mass is 10.3. The molecule has 1 aliphatic heterocycles. The second-order valence-electron chi connectivity index (χ2n) is 6.97. The molecule has 0 aliphatic carbocycles. The van der Waals surface area contributed by atoms with E-state index < -0.39 is 5.69 Å². The van der Waals surface area contributed by atoms with Gasteiger partial charge in [-0.05, 0) is 25.0 Å². The number of carbonyl (C=O) groups is 1. The van der Waals surface area contributed by atoms with Crippen molar-refractivity contribution in [1.82, 2.24) is 24.1 Å². The summed E-state index contributed by atoms with van der Waals surface area (Å²) in [5.41, 5.74) is 1.12. The van der Waals surface area contributed by atoms with Gasteiger partial charge in [0, 0.05) is 13.1 Å². The first-order valence-electron chi connectivity index (χ1n) is 9.56. The van der Waals surface area contributed by atoms with E-state index in [9.17, 15) is 9.59 Å². The van der Waals surface area contributed by atoms with Gasteiger partial charge in [0.05, 0.1) is 12.8 Å². The maximum atomic E-state index is 12.7. The number of thiazole rings is 1. The topological polar surface area (TPSA) is 107 Å². The molecule has 4 heterocycles. The molecule has 30 heavy (non-hydrogen) atoms. The highest BCUT2D eigenvalue weighted by Gasteiger charge is 2.20. The summed E-state index contributed by atoms with van der Waals surface area (Å²) < 4.78 is 8.46. The number of amides is 1. The van der Waals surface area contributed by atoms with Crippen LogP contribution in [-0.4, -0.2) is 50.3 Å². The van der Waals surface area contributed by atoms with Gasteiger partial charge in [-0.2, -0.15) is 4.98 Å². The number of hydrogen-bond donors (Lipinski definition) is 1. The van der Waals surface area contributed by atoms with Crippen molar-refractivity contribution in [2.45, 2.75) is 19.4 Å². The van der Waals surface area contributed by atoms with E-state index >= 15 is 0 Å². The van der Waals surface area contributed by atoms with Crippen molar-refractivity contribution in [1.29, 1.82) is 0 Å². The number of aromatic nitrogens is 5. The third-order valence-electron chi connectivity index (χ3n) is 5.02. The quantitative estimate of drug-likeness (QED) is 0.519. The molecule has 0 bridgehead atoms. The molecule has 0 unspecified atom stereocenters. The number of benzene rings is 1. The van der Waals surface area contributed by atoms with Crippen molar-refractivity contribution in [3.05, 3.63) is 41.1 Å². The van der Waals surface area contributed by atoms with Gasteiger partial charge >= 0.3 is 5.69 Å². The molecular formula is C19H19N7O3S. The van der Waals surface area contributed by atoms with Gasteiger partial charge in [-0.25, -0.2) is 18.9 Å². The first-order chi connectivity index (χ1) is 14.6. The molecule has 1 aromatic carbocycles. The molecule has 1 N–H and O–H groups in total. The molecule has 154 valence electrons. The van der Waals surface area contributed by atoms with Gasteiger partial charge in [0.2, 0.25) is 5.91 Å². The normalized spacial score (nSPS) is 14.0. The Balaban J connectivity index is 1.46. The van der Waals surface area contributed by atoms with Crippen molar-refractivity contribution >= 4 is 44.1 Å². The third-order valence-corrected chi connectivity index (χ3v) is 6.12. The largest absolute Gasteiger partial charge is 0.495 e. The van der Waals surface area contributed by atoms with E-state index in [1.165, 1.54) is 29.2 Å². The zero-order chi connectivity index (χ0) is 20.7. The van der Waals surface area contributed by atoms with Crippen LogP contribution in [0.25, 0.3) is 16.0 Å². The molecule has 0 spiro atoms. The van der Waals surface area contributed by atoms with Gasteiger partial charge in [-0.3, -0.25) is 4.79 Å². The molecule has 4 aromatic rings. The Hall–Kier alpha value is -3.47. The second kappa shape index (κ2) is 7.41. The fourth-order valence-corrected chi connectivity index (χ4v) is 4.59. The van der Waals surface area contributed by atoms with Crippen LogP contribution in [0.2, 0.25) is 0 Å². The number of nitrogens with one attached hydrogen (secondary N) is 1. The molecule has 1 saturated heterocycles. The summed E-state index contributed by atoms with van der Waals surface area (Å²) in [5, 5.41) is 8.03. The highest BCUT2D eigenvalue weighted by Crippen LogP contribution is 2.31. The van der Waals surface area contributed by atoms with E-state index in [4.69, 9.17) is 4.74 Å². The van der Waals surface area contributed by atoms with E-state index in [0.29, 0.717) is 22.7 Å². The summed E-state index contributed by atoms with van der Waals surface area (Å²) in [6.07, 6.45) is 3.71. The van der Waals surface area contributed by atoms with Gasteiger partial charge in [0.1, 0.15) is 23.3 Å². The number of carbonyl (C=O) groups excluding carboxylic acids is 1. The molecule has 5 rings (SSSR count). The third kappa shape index (κ3) is 3.16. The Bertz CT molecular complexity index is 1300. The Morgan fingerprint density at radius 1 is 1.27 bits per heavy atom. The van der Waals surface area contributed by atoms with Gasteiger partial charge in [0.15, 0.2) is 16.4 Å². The summed E-state index contributed by atoms with van der Waals surface area (Å²) in [7, 11) is 1.53. The number of hydrogen-bond acceptors (Lipinski definition) is 8. The van der Waals surface area contributed by atoms with E-state index in [-0.39, 0.29) is 12.5 Å². The average Bonchev–Trinajstić information content (AvgIpc) is 3.48. The van der Waals surface area contributed by atoms with Gasteiger partial charge < -0.3 is 15.0 Å². The van der Waals surface area contributed by atoms with Gasteiger partial charge in [0.25, 0.3) is 0 Å². The summed E-state index contributed by atoms with van der Waals surface area (Å²) in [4.78, 5) is 36.4. The number of ether oxygens (including phenoxy) is 1. The van der Waals surface area contributed by atoms with Crippen molar-refractivity contribution in [2.75, 3.05) is 30.4 Å². The van der Waals surface area contributed by atoms with Gasteiger partial charge in [-0.1, -0.05) is 23.5 Å². The Labute approximate surface area is 174 Å². The first kappa shape index (κ1) is 18.6. The van der Waals surface area contributed by atoms with Crippen LogP contribution in [0.1, 0.15) is 12.8 Å². The minimum Gasteiger partial charge on any atom is -0.495 e. The summed E-state index contributed by atoms with van der Waals surface area (Å²) in [6, 6.07) is 7.08. The number of fused-ring (bicyclic) bond motifs is 3. The number of nitrogens with zero attached hydrogens (tertiary/aromatic N) is 6. The van der Waals surface area contributed by atoms with Crippen LogP contribution >= 0.6 is 11.3 Å². The first-order valence-corrected chi connectivity index (χ1v) is 10.4. The van der Waals surface area contributed by atoms with Crippen LogP contribution in [0.5, 0.6) is 5.75 Å². The average molecular weight is 425 g/mol. The number of methoxy groups -OCH3 is 1. The smallest absolute Gasteiger partial charge is 0.352 e. The highest BCUT2D eigenvalue weighted by molar-refractivity contribution is 7.22. The van der Waals surface area contributed by atoms with Crippen LogP contribution in [0.3, 0.4) is 0 Å². The lowest BCUT2D eigenvalue weighted by Gasteiger charge is -2.11. The number of rotatable bonds is 5. The van der Waals surface area contributed by atoms with Crippen molar-refractivity contribution in [3.8, 4) is 5.75 Å². The Morgan fingerprint density at radius 3 is 2.87 bits per heavy atom. The maximum Gasteiger partial charge on any atom is 0.352 e. The zero-order valence-electron chi connectivity index (χ0n) is 16.2. The molecule has 0 atom stereocenters. The lowest BCUT2D eigenvalue weighted by molar-refractivity contribution is -0.117. The van der Waals surface area contributed by atoms with Crippen molar-refractivity contribution < 1.29 is 9.53 Å². The minimum atomic E-state index is -0.425. The molecule has 11 heteroatoms. The van der Waals surface area contributed by atoms with Crippen LogP contribution in [0.15, 0.2) is 35.4 Å². The molecular weight excluding hydrogens is 406 g/mol. The van der Waals surface area contributed by atoms with Gasteiger partial charge in [-0.15, -0.1) is 5.10 Å². The fraction of sp³-hybridized carbons (Fsp3) is 0.316. The predicted octanol–water partition coefficient (Wildman–Crippen LogP) is 1.75. The molecule has 1 fully saturated rings. The van der Waals surface area contributed by atoms with Crippen LogP contribution in [0, 0.1) is 0 Å². The maximum absolute atomic E-state index is 12.7. The minimum absolute atomic E-state index is 0.224. The Morgan fingerprint density at radius 2 is 2.07 bits per heavy atom. The standard InChI is InChI=1S/C19H19N7O3S/c1-29-13-7-3-2-6-12(13)21-14(27)10-26-19(28)25-11-20-16-15(17(25)23-26)30-18(22-16)24-8-4-5-9-24/h2-3,6-7,11H,4-5,8-10H2,1H3,(H,21,27). The van der Waals surface area contributed by atoms with E-state index in [0.717, 1.165) is 40.4 Å². The summed E-state index contributed by atoms with van der Waals surface area (Å²) in [6.45, 7) is 1.72. The lowest BCUT2D eigenvalue weighted by Crippen LogP contribution is -2.28. The molecule has 1 aliphatic rings. The van der Waals surface area contributed by atoms with Crippen LogP contribution in [0.4, 0.5) is 10.8 Å². The molecule has 1 amide bonds. The van der Waals surface area contributed by atoms with Crippen LogP contribution in [-0.2, 0) is 11.3 Å². The van der Waals surface area contributed by atoms with E-state index in [1.54, 1.807) is 18.2 Å². The molecule has 3 aromatic heterocycles. The second-order valence-corrected chi connectivity index (χ2v) is 7.95. The highest BCUT2D eigenvalue weighted by atomic mass is 32.1. The summed E-state index contributed by atoms with van der Waals surface area (Å²) >= 11 is 1.47. The Kier molecular flexibility index (Phi) is 4.58. The molecule has 0 radical (unpaired) electrons. The van der Waals surface area contributed by atoms with E-state index in [2.05, 4.69) is 25.3 Å². The fourth-order valence-electron chi connectivity index (χ4n) is 3.55. The van der Waals surface area contributed by atoms with E-state index in [1.807, 2.05) is 6.07 Å². The molecule has 10 nitrogen and oxygen atoms in total. The van der Waals surface area contributed by atoms with Crippen molar-refractivity contribution in [3.63, 3.8) is 0 Å².